The molecule has 24 heavy (non-hydrogen) atoms. The zero-order valence-corrected chi connectivity index (χ0v) is 13.2. The van der Waals surface area contributed by atoms with Crippen LogP contribution in [0.5, 0.6) is 5.75 Å². The summed E-state index contributed by atoms with van der Waals surface area (Å²) in [6.45, 7) is 3.33. The summed E-state index contributed by atoms with van der Waals surface area (Å²) in [5, 5.41) is 13.3. The average molecular weight is 328 g/mol. The highest BCUT2D eigenvalue weighted by Crippen LogP contribution is 2.24. The standard InChI is InChI=1S/C17H16N2O5/c1-11-6-13(9-20)7-12(2)17(11)24-10-16(21)18-14-4-3-5-15(8-14)19(22)23/h3-9H,10H2,1-2H3,(H,18,21). The van der Waals surface area contributed by atoms with Gasteiger partial charge in [-0.3, -0.25) is 19.7 Å². The van der Waals surface area contributed by atoms with Crippen LogP contribution < -0.4 is 10.1 Å². The molecule has 0 saturated carbocycles. The number of nitrogens with one attached hydrogen (secondary N) is 1. The first-order chi connectivity index (χ1) is 11.4. The van der Waals surface area contributed by atoms with E-state index in [1.807, 2.05) is 0 Å². The van der Waals surface area contributed by atoms with Crippen molar-refractivity contribution >= 4 is 23.6 Å². The molecule has 124 valence electrons. The minimum Gasteiger partial charge on any atom is -0.483 e. The Kier molecular flexibility index (Phi) is 5.26. The van der Waals surface area contributed by atoms with E-state index >= 15 is 0 Å². The van der Waals surface area contributed by atoms with Crippen molar-refractivity contribution < 1.29 is 19.2 Å². The average Bonchev–Trinajstić information content (AvgIpc) is 2.54. The summed E-state index contributed by atoms with van der Waals surface area (Å²) in [6, 6.07) is 9.00. The Morgan fingerprint density at radius 1 is 1.25 bits per heavy atom. The molecule has 2 aromatic rings. The van der Waals surface area contributed by atoms with Crippen LogP contribution in [0, 0.1) is 24.0 Å². The van der Waals surface area contributed by atoms with Gasteiger partial charge in [-0.25, -0.2) is 0 Å². The molecule has 2 rings (SSSR count). The maximum atomic E-state index is 12.0. The minimum atomic E-state index is -0.534. The third-order valence-corrected chi connectivity index (χ3v) is 3.31. The number of hydrogen-bond acceptors (Lipinski definition) is 5. The van der Waals surface area contributed by atoms with E-state index in [0.29, 0.717) is 17.0 Å². The molecule has 0 spiro atoms. The maximum absolute atomic E-state index is 12.0. The summed E-state index contributed by atoms with van der Waals surface area (Å²) >= 11 is 0. The number of benzene rings is 2. The van der Waals surface area contributed by atoms with E-state index in [1.165, 1.54) is 18.2 Å². The highest BCUT2D eigenvalue weighted by Gasteiger charge is 2.11. The molecule has 1 amide bonds. The summed E-state index contributed by atoms with van der Waals surface area (Å²) in [4.78, 5) is 33.0. The van der Waals surface area contributed by atoms with Crippen LogP contribution in [-0.4, -0.2) is 23.7 Å². The molecule has 0 unspecified atom stereocenters. The molecule has 0 bridgehead atoms. The number of amides is 1. The Hall–Kier alpha value is -3.22. The Morgan fingerprint density at radius 3 is 2.50 bits per heavy atom. The van der Waals surface area contributed by atoms with Gasteiger partial charge in [-0.2, -0.15) is 0 Å². The highest BCUT2D eigenvalue weighted by molar-refractivity contribution is 5.92. The van der Waals surface area contributed by atoms with E-state index in [4.69, 9.17) is 4.74 Å². The summed E-state index contributed by atoms with van der Waals surface area (Å²) in [7, 11) is 0. The van der Waals surface area contributed by atoms with Crippen LogP contribution in [0.3, 0.4) is 0 Å². The van der Waals surface area contributed by atoms with Crippen LogP contribution in [0.4, 0.5) is 11.4 Å². The lowest BCUT2D eigenvalue weighted by atomic mass is 10.1. The van der Waals surface area contributed by atoms with Crippen molar-refractivity contribution in [3.05, 3.63) is 63.2 Å². The fourth-order valence-electron chi connectivity index (χ4n) is 2.31. The number of nitrogens with zero attached hydrogens (tertiary/aromatic N) is 1. The molecular weight excluding hydrogens is 312 g/mol. The molecule has 0 aromatic heterocycles. The van der Waals surface area contributed by atoms with Gasteiger partial charge in [-0.15, -0.1) is 0 Å². The number of nitro groups is 1. The number of carbonyl (C=O) groups excluding carboxylic acids is 2. The Bertz CT molecular complexity index is 778. The predicted molar refractivity (Wildman–Crippen MR) is 88.5 cm³/mol. The molecule has 0 fully saturated rings. The lowest BCUT2D eigenvalue weighted by molar-refractivity contribution is -0.384. The highest BCUT2D eigenvalue weighted by atomic mass is 16.6. The van der Waals surface area contributed by atoms with Gasteiger partial charge >= 0.3 is 0 Å². The Labute approximate surface area is 138 Å². The van der Waals surface area contributed by atoms with Gasteiger partial charge in [0, 0.05) is 23.4 Å². The fraction of sp³-hybridized carbons (Fsp3) is 0.176. The SMILES string of the molecule is Cc1cc(C=O)cc(C)c1OCC(=O)Nc1cccc([N+](=O)[O-])c1. The van der Waals surface area contributed by atoms with Gasteiger partial charge in [0.1, 0.15) is 12.0 Å². The Morgan fingerprint density at radius 2 is 1.92 bits per heavy atom. The molecule has 0 radical (unpaired) electrons. The molecule has 1 N–H and O–H groups in total. The van der Waals surface area contributed by atoms with Crippen LogP contribution in [0.2, 0.25) is 0 Å². The fourth-order valence-corrected chi connectivity index (χ4v) is 2.31. The maximum Gasteiger partial charge on any atom is 0.271 e. The van der Waals surface area contributed by atoms with Crippen molar-refractivity contribution in [2.24, 2.45) is 0 Å². The monoisotopic (exact) mass is 328 g/mol. The van der Waals surface area contributed by atoms with Gasteiger partial charge in [0.2, 0.25) is 0 Å². The van der Waals surface area contributed by atoms with E-state index in [0.717, 1.165) is 17.4 Å². The topological polar surface area (TPSA) is 98.5 Å². The third kappa shape index (κ3) is 4.16. The molecular formula is C17H16N2O5. The van der Waals surface area contributed by atoms with E-state index < -0.39 is 10.8 Å². The van der Waals surface area contributed by atoms with Gasteiger partial charge < -0.3 is 10.1 Å². The first-order valence-electron chi connectivity index (χ1n) is 7.14. The van der Waals surface area contributed by atoms with Crippen molar-refractivity contribution in [2.75, 3.05) is 11.9 Å². The minimum absolute atomic E-state index is 0.107. The number of non-ortho nitro benzene ring substituents is 1. The van der Waals surface area contributed by atoms with E-state index in [9.17, 15) is 19.7 Å². The molecule has 0 saturated heterocycles. The smallest absolute Gasteiger partial charge is 0.271 e. The van der Waals surface area contributed by atoms with Crippen LogP contribution >= 0.6 is 0 Å². The first-order valence-corrected chi connectivity index (χ1v) is 7.14. The van der Waals surface area contributed by atoms with Gasteiger partial charge in [-0.05, 0) is 43.2 Å². The number of rotatable bonds is 6. The van der Waals surface area contributed by atoms with Crippen LogP contribution in [-0.2, 0) is 4.79 Å². The molecule has 0 heterocycles. The zero-order valence-electron chi connectivity index (χ0n) is 13.2. The second-order valence-electron chi connectivity index (χ2n) is 5.25. The van der Waals surface area contributed by atoms with Crippen LogP contribution in [0.1, 0.15) is 21.5 Å². The predicted octanol–water partition coefficient (Wildman–Crippen LogP) is 3.04. The number of hydrogen-bond donors (Lipinski definition) is 1. The summed E-state index contributed by atoms with van der Waals surface area (Å²) in [5.74, 6) is 0.101. The lowest BCUT2D eigenvalue weighted by Gasteiger charge is -2.12. The molecule has 0 aliphatic carbocycles. The van der Waals surface area contributed by atoms with E-state index in [-0.39, 0.29) is 12.3 Å². The largest absolute Gasteiger partial charge is 0.483 e. The second kappa shape index (κ2) is 7.36. The van der Waals surface area contributed by atoms with Gasteiger partial charge in [0.05, 0.1) is 4.92 Å². The van der Waals surface area contributed by atoms with Crippen molar-refractivity contribution in [3.63, 3.8) is 0 Å². The number of carbonyl (C=O) groups is 2. The summed E-state index contributed by atoms with van der Waals surface area (Å²) in [5.41, 5.74) is 2.26. The molecule has 0 atom stereocenters. The normalized spacial score (nSPS) is 10.1. The molecule has 0 aliphatic heterocycles. The number of nitro benzene ring substituents is 1. The van der Waals surface area contributed by atoms with Gasteiger partial charge in [0.15, 0.2) is 6.61 Å². The lowest BCUT2D eigenvalue weighted by Crippen LogP contribution is -2.20. The van der Waals surface area contributed by atoms with Crippen molar-refractivity contribution in [1.29, 1.82) is 0 Å². The molecule has 7 nitrogen and oxygen atoms in total. The van der Waals surface area contributed by atoms with E-state index in [2.05, 4.69) is 5.32 Å². The Balaban J connectivity index is 2.02. The summed E-state index contributed by atoms with van der Waals surface area (Å²) < 4.78 is 5.52. The van der Waals surface area contributed by atoms with Crippen LogP contribution in [0.15, 0.2) is 36.4 Å². The number of ether oxygens (including phenoxy) is 1. The molecule has 7 heteroatoms. The number of aldehydes is 1. The summed E-state index contributed by atoms with van der Waals surface area (Å²) in [6.07, 6.45) is 0.749. The number of anilines is 1. The molecule has 0 aliphatic rings. The van der Waals surface area contributed by atoms with E-state index in [1.54, 1.807) is 32.0 Å². The third-order valence-electron chi connectivity index (χ3n) is 3.31. The van der Waals surface area contributed by atoms with Gasteiger partial charge in [-0.1, -0.05) is 6.07 Å². The van der Waals surface area contributed by atoms with Crippen molar-refractivity contribution in [3.8, 4) is 5.75 Å². The quantitative estimate of drug-likeness (QED) is 0.499. The van der Waals surface area contributed by atoms with Crippen molar-refractivity contribution in [2.45, 2.75) is 13.8 Å². The first kappa shape index (κ1) is 17.1. The zero-order chi connectivity index (χ0) is 17.7. The molecule has 2 aromatic carbocycles. The second-order valence-corrected chi connectivity index (χ2v) is 5.25. The number of aryl methyl sites for hydroxylation is 2. The van der Waals surface area contributed by atoms with Crippen molar-refractivity contribution in [1.82, 2.24) is 0 Å². The van der Waals surface area contributed by atoms with Gasteiger partial charge in [0.25, 0.3) is 11.6 Å². The van der Waals surface area contributed by atoms with Crippen LogP contribution in [0.25, 0.3) is 0 Å².